The Morgan fingerprint density at radius 1 is 1.13 bits per heavy atom. The number of fused-ring (bicyclic) bond motifs is 1. The summed E-state index contributed by atoms with van der Waals surface area (Å²) in [4.78, 5) is 24.2. The Morgan fingerprint density at radius 3 is 2.60 bits per heavy atom. The Balaban J connectivity index is 1.75. The summed E-state index contributed by atoms with van der Waals surface area (Å²) in [6.07, 6.45) is 1.72. The predicted octanol–water partition coefficient (Wildman–Crippen LogP) is 5.90. The van der Waals surface area contributed by atoms with Crippen molar-refractivity contribution in [3.05, 3.63) is 82.6 Å². The van der Waals surface area contributed by atoms with Gasteiger partial charge in [-0.3, -0.25) is 14.7 Å². The van der Waals surface area contributed by atoms with E-state index in [1.54, 1.807) is 35.4 Å². The van der Waals surface area contributed by atoms with Crippen molar-refractivity contribution in [1.29, 1.82) is 0 Å². The molecule has 0 atom stereocenters. The molecule has 0 aliphatic rings. The first kappa shape index (κ1) is 20.3. The number of amides is 1. The summed E-state index contributed by atoms with van der Waals surface area (Å²) in [5.41, 5.74) is 3.16. The molecule has 1 amide bonds. The second-order valence-corrected chi connectivity index (χ2v) is 8.09. The van der Waals surface area contributed by atoms with Crippen LogP contribution < -0.4 is 9.64 Å². The summed E-state index contributed by atoms with van der Waals surface area (Å²) in [5.74, 6) is 0.573. The molecule has 30 heavy (non-hydrogen) atoms. The van der Waals surface area contributed by atoms with Gasteiger partial charge in [-0.2, -0.15) is 0 Å². The number of anilines is 1. The minimum absolute atomic E-state index is 0.156. The van der Waals surface area contributed by atoms with Crippen LogP contribution in [0.25, 0.3) is 10.2 Å². The quantitative estimate of drug-likeness (QED) is 0.377. The Bertz CT molecular complexity index is 1140. The second-order valence-electron chi connectivity index (χ2n) is 6.71. The molecule has 0 bridgehead atoms. The molecule has 0 N–H and O–H groups in total. The third-order valence-electron chi connectivity index (χ3n) is 4.62. The number of aryl methyl sites for hydroxylation is 1. The number of hydrogen-bond donors (Lipinski definition) is 0. The number of aromatic nitrogens is 2. The van der Waals surface area contributed by atoms with Gasteiger partial charge in [0.25, 0.3) is 5.91 Å². The number of rotatable bonds is 6. The van der Waals surface area contributed by atoms with Crippen LogP contribution in [0, 0.1) is 6.92 Å². The zero-order valence-corrected chi connectivity index (χ0v) is 18.2. The zero-order chi connectivity index (χ0) is 21.1. The van der Waals surface area contributed by atoms with Crippen LogP contribution in [-0.2, 0) is 6.54 Å². The number of hydrogen-bond acceptors (Lipinski definition) is 5. The SMILES string of the molecule is CCOc1ccc(C(=O)N(Cc2ccccn2)c2nc3c(C)ccc(Cl)c3s2)cc1. The lowest BCUT2D eigenvalue weighted by Crippen LogP contribution is -2.30. The maximum Gasteiger partial charge on any atom is 0.260 e. The van der Waals surface area contributed by atoms with Crippen molar-refractivity contribution in [3.8, 4) is 5.75 Å². The first-order chi connectivity index (χ1) is 14.6. The molecule has 0 fully saturated rings. The van der Waals surface area contributed by atoms with Gasteiger partial charge in [0, 0.05) is 11.8 Å². The molecular formula is C23H20ClN3O2S. The highest BCUT2D eigenvalue weighted by atomic mass is 35.5. The van der Waals surface area contributed by atoms with Crippen molar-refractivity contribution in [2.24, 2.45) is 0 Å². The highest BCUT2D eigenvalue weighted by molar-refractivity contribution is 7.23. The van der Waals surface area contributed by atoms with Crippen LogP contribution in [-0.4, -0.2) is 22.5 Å². The summed E-state index contributed by atoms with van der Waals surface area (Å²) in [6, 6.07) is 16.6. The molecule has 4 rings (SSSR count). The highest BCUT2D eigenvalue weighted by Crippen LogP contribution is 2.36. The number of carbonyl (C=O) groups is 1. The molecule has 4 aromatic rings. The van der Waals surface area contributed by atoms with Crippen molar-refractivity contribution in [2.75, 3.05) is 11.5 Å². The lowest BCUT2D eigenvalue weighted by atomic mass is 10.2. The average molecular weight is 438 g/mol. The van der Waals surface area contributed by atoms with Crippen LogP contribution in [0.4, 0.5) is 5.13 Å². The number of pyridine rings is 1. The Hall–Kier alpha value is -2.96. The zero-order valence-electron chi connectivity index (χ0n) is 16.6. The molecule has 0 aliphatic heterocycles. The molecule has 2 heterocycles. The molecule has 7 heteroatoms. The van der Waals surface area contributed by atoms with Crippen molar-refractivity contribution in [1.82, 2.24) is 9.97 Å². The van der Waals surface area contributed by atoms with Crippen LogP contribution >= 0.6 is 22.9 Å². The standard InChI is InChI=1S/C23H20ClN3O2S/c1-3-29-18-10-8-16(9-11-18)22(28)27(14-17-6-4-5-13-25-17)23-26-20-15(2)7-12-19(24)21(20)30-23/h4-13H,3,14H2,1-2H3. The number of benzene rings is 2. The minimum Gasteiger partial charge on any atom is -0.494 e. The van der Waals surface area contributed by atoms with Crippen molar-refractivity contribution in [2.45, 2.75) is 20.4 Å². The maximum absolute atomic E-state index is 13.5. The number of ether oxygens (including phenoxy) is 1. The van der Waals surface area contributed by atoms with E-state index in [9.17, 15) is 4.79 Å². The van der Waals surface area contributed by atoms with Crippen LogP contribution in [0.1, 0.15) is 28.5 Å². The topological polar surface area (TPSA) is 55.3 Å². The largest absolute Gasteiger partial charge is 0.494 e. The van der Waals surface area contributed by atoms with Gasteiger partial charge in [-0.25, -0.2) is 4.98 Å². The van der Waals surface area contributed by atoms with Crippen LogP contribution in [0.15, 0.2) is 60.8 Å². The van der Waals surface area contributed by atoms with Gasteiger partial charge in [0.15, 0.2) is 5.13 Å². The summed E-state index contributed by atoms with van der Waals surface area (Å²) < 4.78 is 6.36. The summed E-state index contributed by atoms with van der Waals surface area (Å²) >= 11 is 7.80. The smallest absolute Gasteiger partial charge is 0.260 e. The lowest BCUT2D eigenvalue weighted by molar-refractivity contribution is 0.0985. The van der Waals surface area contributed by atoms with Crippen molar-refractivity contribution in [3.63, 3.8) is 0 Å². The second kappa shape index (κ2) is 8.81. The number of halogens is 1. The molecule has 0 radical (unpaired) electrons. The molecular weight excluding hydrogens is 418 g/mol. The van der Waals surface area contributed by atoms with Gasteiger partial charge >= 0.3 is 0 Å². The fraction of sp³-hybridized carbons (Fsp3) is 0.174. The van der Waals surface area contributed by atoms with Gasteiger partial charge in [-0.15, -0.1) is 0 Å². The Labute approximate surface area is 183 Å². The van der Waals surface area contributed by atoms with E-state index < -0.39 is 0 Å². The fourth-order valence-electron chi connectivity index (χ4n) is 3.10. The van der Waals surface area contributed by atoms with E-state index in [1.165, 1.54) is 11.3 Å². The first-order valence-electron chi connectivity index (χ1n) is 9.57. The highest BCUT2D eigenvalue weighted by Gasteiger charge is 2.23. The molecule has 0 saturated heterocycles. The van der Waals surface area contributed by atoms with E-state index in [1.807, 2.05) is 44.2 Å². The molecule has 2 aromatic heterocycles. The third kappa shape index (κ3) is 4.15. The lowest BCUT2D eigenvalue weighted by Gasteiger charge is -2.19. The third-order valence-corrected chi connectivity index (χ3v) is 6.16. The van der Waals surface area contributed by atoms with Gasteiger partial charge in [0.2, 0.25) is 0 Å². The summed E-state index contributed by atoms with van der Waals surface area (Å²) in [7, 11) is 0. The van der Waals surface area contributed by atoms with Crippen molar-refractivity contribution >= 4 is 44.2 Å². The summed E-state index contributed by atoms with van der Waals surface area (Å²) in [6.45, 7) is 4.79. The number of carbonyl (C=O) groups excluding carboxylic acids is 1. The monoisotopic (exact) mass is 437 g/mol. The molecule has 152 valence electrons. The fourth-order valence-corrected chi connectivity index (χ4v) is 4.42. The molecule has 0 saturated carbocycles. The van der Waals surface area contributed by atoms with Gasteiger partial charge in [0.1, 0.15) is 5.75 Å². The van der Waals surface area contributed by atoms with E-state index >= 15 is 0 Å². The van der Waals surface area contributed by atoms with E-state index in [-0.39, 0.29) is 5.91 Å². The molecule has 5 nitrogen and oxygen atoms in total. The predicted molar refractivity (Wildman–Crippen MR) is 122 cm³/mol. The molecule has 0 unspecified atom stereocenters. The van der Waals surface area contributed by atoms with Crippen LogP contribution in [0.3, 0.4) is 0 Å². The number of thiazole rings is 1. The van der Waals surface area contributed by atoms with Crippen LogP contribution in [0.2, 0.25) is 5.02 Å². The molecule has 0 aliphatic carbocycles. The number of nitrogens with zero attached hydrogens (tertiary/aromatic N) is 3. The van der Waals surface area contributed by atoms with Gasteiger partial charge in [-0.1, -0.05) is 35.1 Å². The Kier molecular flexibility index (Phi) is 5.97. The van der Waals surface area contributed by atoms with Gasteiger partial charge < -0.3 is 4.74 Å². The van der Waals surface area contributed by atoms with E-state index in [0.29, 0.717) is 28.9 Å². The van der Waals surface area contributed by atoms with Crippen molar-refractivity contribution < 1.29 is 9.53 Å². The van der Waals surface area contributed by atoms with Crippen LogP contribution in [0.5, 0.6) is 5.75 Å². The maximum atomic E-state index is 13.5. The average Bonchev–Trinajstić information content (AvgIpc) is 3.22. The summed E-state index contributed by atoms with van der Waals surface area (Å²) in [5, 5.41) is 1.22. The first-order valence-corrected chi connectivity index (χ1v) is 10.8. The Morgan fingerprint density at radius 2 is 1.93 bits per heavy atom. The van der Waals surface area contributed by atoms with E-state index in [4.69, 9.17) is 21.3 Å². The van der Waals surface area contributed by atoms with Gasteiger partial charge in [0.05, 0.1) is 34.1 Å². The minimum atomic E-state index is -0.156. The normalized spacial score (nSPS) is 10.9. The van der Waals surface area contributed by atoms with E-state index in [0.717, 1.165) is 27.2 Å². The molecule has 0 spiro atoms. The van der Waals surface area contributed by atoms with E-state index in [2.05, 4.69) is 4.98 Å². The van der Waals surface area contributed by atoms with Gasteiger partial charge in [-0.05, 0) is 61.9 Å². The molecule has 2 aromatic carbocycles.